The fourth-order valence-electron chi connectivity index (χ4n) is 4.15. The predicted molar refractivity (Wildman–Crippen MR) is 128 cm³/mol. The van der Waals surface area contributed by atoms with Gasteiger partial charge in [-0.3, -0.25) is 19.3 Å². The molecule has 0 N–H and O–H groups in total. The quantitative estimate of drug-likeness (QED) is 0.352. The third-order valence-corrected chi connectivity index (χ3v) is 7.73. The van der Waals surface area contributed by atoms with E-state index < -0.39 is 14.9 Å². The van der Waals surface area contributed by atoms with E-state index in [-0.39, 0.29) is 17.1 Å². The molecule has 4 rings (SSSR count). The average Bonchev–Trinajstić information content (AvgIpc) is 3.24. The summed E-state index contributed by atoms with van der Waals surface area (Å²) in [4.78, 5) is 15.4. The molecular weight excluding hydrogens is 458 g/mol. The van der Waals surface area contributed by atoms with E-state index in [1.54, 1.807) is 43.3 Å². The van der Waals surface area contributed by atoms with Gasteiger partial charge in [0.05, 0.1) is 27.7 Å². The molecular formula is C23H27N5O5S. The Labute approximate surface area is 198 Å². The molecule has 0 amide bonds. The van der Waals surface area contributed by atoms with E-state index in [4.69, 9.17) is 4.52 Å². The molecule has 10 nitrogen and oxygen atoms in total. The molecule has 34 heavy (non-hydrogen) atoms. The lowest BCUT2D eigenvalue weighted by molar-refractivity contribution is -0.384. The summed E-state index contributed by atoms with van der Waals surface area (Å²) in [5, 5.41) is 15.8. The van der Waals surface area contributed by atoms with Gasteiger partial charge < -0.3 is 9.42 Å². The maximum atomic E-state index is 13.3. The van der Waals surface area contributed by atoms with Gasteiger partial charge in [0.25, 0.3) is 15.7 Å². The van der Waals surface area contributed by atoms with E-state index in [0.29, 0.717) is 44.1 Å². The molecule has 0 unspecified atom stereocenters. The van der Waals surface area contributed by atoms with Gasteiger partial charge in [-0.1, -0.05) is 23.4 Å². The first kappa shape index (κ1) is 23.7. The zero-order valence-electron chi connectivity index (χ0n) is 19.1. The normalized spacial score (nSPS) is 14.8. The third kappa shape index (κ3) is 4.90. The topological polar surface area (TPSA) is 113 Å². The number of benzene rings is 2. The van der Waals surface area contributed by atoms with E-state index in [1.165, 1.54) is 16.4 Å². The number of hydrogen-bond donors (Lipinski definition) is 0. The van der Waals surface area contributed by atoms with Crippen LogP contribution in [0.3, 0.4) is 0 Å². The van der Waals surface area contributed by atoms with Gasteiger partial charge >= 0.3 is 0 Å². The first-order valence-electron chi connectivity index (χ1n) is 11.1. The van der Waals surface area contributed by atoms with Crippen LogP contribution in [0.15, 0.2) is 64.0 Å². The summed E-state index contributed by atoms with van der Waals surface area (Å²) < 4.78 is 33.2. The second-order valence-corrected chi connectivity index (χ2v) is 9.97. The number of hydrogen-bond acceptors (Lipinski definition) is 8. The Bertz CT molecular complexity index is 1250. The number of nitro benzene ring substituents is 1. The molecule has 1 aliphatic heterocycles. The van der Waals surface area contributed by atoms with Gasteiger partial charge in [-0.2, -0.15) is 0 Å². The molecule has 0 radical (unpaired) electrons. The van der Waals surface area contributed by atoms with Gasteiger partial charge in [0.1, 0.15) is 5.69 Å². The highest BCUT2D eigenvalue weighted by Gasteiger charge is 2.29. The Kier molecular flexibility index (Phi) is 6.85. The van der Waals surface area contributed by atoms with Gasteiger partial charge in [-0.05, 0) is 38.1 Å². The fraction of sp³-hybridized carbons (Fsp3) is 0.348. The van der Waals surface area contributed by atoms with Crippen molar-refractivity contribution in [1.29, 1.82) is 0 Å². The number of piperazine rings is 1. The van der Waals surface area contributed by atoms with Crippen molar-refractivity contribution in [2.24, 2.45) is 0 Å². The molecule has 1 fully saturated rings. The number of sulfonamides is 1. The largest absolute Gasteiger partial charge is 0.363 e. The zero-order valence-corrected chi connectivity index (χ0v) is 19.9. The molecule has 3 aromatic rings. The highest BCUT2D eigenvalue weighted by molar-refractivity contribution is 7.92. The fourth-order valence-corrected chi connectivity index (χ4v) is 5.64. The summed E-state index contributed by atoms with van der Waals surface area (Å²) in [6, 6.07) is 14.8. The number of nitrogens with zero attached hydrogens (tertiary/aromatic N) is 5. The van der Waals surface area contributed by atoms with Crippen LogP contribution in [0.1, 0.15) is 18.4 Å². The van der Waals surface area contributed by atoms with Crippen LogP contribution in [0.4, 0.5) is 17.1 Å². The molecule has 0 bridgehead atoms. The average molecular weight is 486 g/mol. The lowest BCUT2D eigenvalue weighted by Crippen LogP contribution is -2.46. The first-order valence-corrected chi connectivity index (χ1v) is 12.5. The summed E-state index contributed by atoms with van der Waals surface area (Å²) >= 11 is 0. The molecule has 180 valence electrons. The molecule has 2 aromatic carbocycles. The van der Waals surface area contributed by atoms with Crippen molar-refractivity contribution >= 4 is 27.1 Å². The van der Waals surface area contributed by atoms with Crippen molar-refractivity contribution in [3.63, 3.8) is 0 Å². The number of aryl methyl sites for hydroxylation is 1. The minimum absolute atomic E-state index is 0.104. The van der Waals surface area contributed by atoms with E-state index in [1.807, 2.05) is 17.9 Å². The lowest BCUT2D eigenvalue weighted by atomic mass is 10.2. The smallest absolute Gasteiger partial charge is 0.293 e. The zero-order chi connectivity index (χ0) is 24.3. The highest BCUT2D eigenvalue weighted by Crippen LogP contribution is 2.33. The van der Waals surface area contributed by atoms with E-state index in [0.717, 1.165) is 11.5 Å². The molecule has 0 atom stereocenters. The van der Waals surface area contributed by atoms with Gasteiger partial charge in [0, 0.05) is 44.9 Å². The molecule has 0 spiro atoms. The molecule has 0 saturated carbocycles. The maximum Gasteiger partial charge on any atom is 0.293 e. The Morgan fingerprint density at radius 1 is 1.09 bits per heavy atom. The van der Waals surface area contributed by atoms with Crippen LogP contribution < -0.4 is 9.21 Å². The summed E-state index contributed by atoms with van der Waals surface area (Å²) in [6.45, 7) is 6.95. The number of anilines is 2. The summed E-state index contributed by atoms with van der Waals surface area (Å²) in [5.74, 6) is 0.783. The van der Waals surface area contributed by atoms with E-state index in [2.05, 4.69) is 10.1 Å². The van der Waals surface area contributed by atoms with Gasteiger partial charge in [-0.25, -0.2) is 8.42 Å². The van der Waals surface area contributed by atoms with Crippen LogP contribution >= 0.6 is 0 Å². The van der Waals surface area contributed by atoms with Crippen LogP contribution in [0, 0.1) is 17.0 Å². The SMILES string of the molecule is CCN(c1ccccc1)S(=O)(=O)c1ccc(N2CCN(Cc3cc(C)no3)CC2)c([N+](=O)[O-])c1. The number of rotatable bonds is 8. The van der Waals surface area contributed by atoms with Gasteiger partial charge in [0.15, 0.2) is 5.76 Å². The summed E-state index contributed by atoms with van der Waals surface area (Å²) in [6.07, 6.45) is 0. The third-order valence-electron chi connectivity index (χ3n) is 5.83. The van der Waals surface area contributed by atoms with Crippen LogP contribution in [0.25, 0.3) is 0 Å². The number of para-hydroxylation sites is 1. The monoisotopic (exact) mass is 485 g/mol. The molecule has 1 aliphatic rings. The van der Waals surface area contributed by atoms with Crippen molar-refractivity contribution in [2.75, 3.05) is 41.9 Å². The molecule has 1 saturated heterocycles. The standard InChI is InChI=1S/C23H27N5O5S/c1-3-27(19-7-5-4-6-8-19)34(31,32)21-9-10-22(23(16-21)28(29)30)26-13-11-25(12-14-26)17-20-15-18(2)24-33-20/h4-10,15-16H,3,11-14,17H2,1-2H3. The Balaban J connectivity index is 1.55. The summed E-state index contributed by atoms with van der Waals surface area (Å²) in [7, 11) is -3.96. The van der Waals surface area contributed by atoms with Crippen molar-refractivity contribution in [1.82, 2.24) is 10.1 Å². The maximum absolute atomic E-state index is 13.3. The molecule has 2 heterocycles. The first-order chi connectivity index (χ1) is 16.3. The van der Waals surface area contributed by atoms with Crippen LogP contribution in [0.2, 0.25) is 0 Å². The van der Waals surface area contributed by atoms with Crippen molar-refractivity contribution in [3.05, 3.63) is 76.2 Å². The lowest BCUT2D eigenvalue weighted by Gasteiger charge is -2.35. The second-order valence-electron chi connectivity index (χ2n) is 8.11. The molecule has 0 aliphatic carbocycles. The Morgan fingerprint density at radius 3 is 2.38 bits per heavy atom. The minimum atomic E-state index is -3.96. The van der Waals surface area contributed by atoms with Crippen LogP contribution in [-0.2, 0) is 16.6 Å². The van der Waals surface area contributed by atoms with Crippen molar-refractivity contribution in [3.8, 4) is 0 Å². The Hall–Kier alpha value is -3.44. The van der Waals surface area contributed by atoms with Gasteiger partial charge in [-0.15, -0.1) is 0 Å². The minimum Gasteiger partial charge on any atom is -0.363 e. The Morgan fingerprint density at radius 2 is 1.79 bits per heavy atom. The highest BCUT2D eigenvalue weighted by atomic mass is 32.2. The predicted octanol–water partition coefficient (Wildman–Crippen LogP) is 3.43. The molecule has 1 aromatic heterocycles. The number of aromatic nitrogens is 1. The van der Waals surface area contributed by atoms with Crippen LogP contribution in [-0.4, -0.2) is 56.1 Å². The van der Waals surface area contributed by atoms with E-state index in [9.17, 15) is 18.5 Å². The number of nitro groups is 1. The van der Waals surface area contributed by atoms with Crippen molar-refractivity contribution < 1.29 is 17.9 Å². The van der Waals surface area contributed by atoms with Crippen molar-refractivity contribution in [2.45, 2.75) is 25.3 Å². The van der Waals surface area contributed by atoms with Crippen LogP contribution in [0.5, 0.6) is 0 Å². The van der Waals surface area contributed by atoms with Gasteiger partial charge in [0.2, 0.25) is 0 Å². The van der Waals surface area contributed by atoms with E-state index >= 15 is 0 Å². The summed E-state index contributed by atoms with van der Waals surface area (Å²) in [5.41, 5.74) is 1.54. The molecule has 11 heteroatoms. The second kappa shape index (κ2) is 9.82.